The summed E-state index contributed by atoms with van der Waals surface area (Å²) in [5.41, 5.74) is 2.41. The number of halogens is 2. The van der Waals surface area contributed by atoms with Crippen LogP contribution in [-0.2, 0) is 6.42 Å². The number of benzene rings is 2. The minimum absolute atomic E-state index is 0.0236. The normalized spacial score (nSPS) is 15.5. The fraction of sp³-hybridized carbons (Fsp3) is 0.143. The van der Waals surface area contributed by atoms with Crippen molar-refractivity contribution in [2.45, 2.75) is 19.4 Å². The molecule has 1 N–H and O–H groups in total. The van der Waals surface area contributed by atoms with E-state index in [1.54, 1.807) is 11.0 Å². The quantitative estimate of drug-likeness (QED) is 0.732. The molecular weight excluding hydrogens is 348 g/mol. The molecule has 1 aromatic heterocycles. The third-order valence-electron chi connectivity index (χ3n) is 4.64. The number of pyridine rings is 1. The van der Waals surface area contributed by atoms with E-state index >= 15 is 0 Å². The molecule has 0 saturated heterocycles. The number of para-hydroxylation sites is 2. The third-order valence-corrected chi connectivity index (χ3v) is 4.64. The molecule has 1 unspecified atom stereocenters. The molecule has 1 amide bonds. The maximum atomic E-state index is 13.9. The highest BCUT2D eigenvalue weighted by Gasteiger charge is 2.31. The number of aromatic nitrogens is 1. The van der Waals surface area contributed by atoms with Gasteiger partial charge in [-0.3, -0.25) is 9.78 Å². The van der Waals surface area contributed by atoms with Crippen molar-refractivity contribution in [3.05, 3.63) is 83.7 Å². The Balaban J connectivity index is 1.64. The van der Waals surface area contributed by atoms with Crippen LogP contribution in [0.15, 0.2) is 60.9 Å². The van der Waals surface area contributed by atoms with Gasteiger partial charge in [-0.1, -0.05) is 24.3 Å². The van der Waals surface area contributed by atoms with Gasteiger partial charge >= 0.3 is 0 Å². The van der Waals surface area contributed by atoms with Crippen LogP contribution in [0.5, 0.6) is 0 Å². The largest absolute Gasteiger partial charge is 0.349 e. The van der Waals surface area contributed by atoms with Gasteiger partial charge in [-0.15, -0.1) is 0 Å². The summed E-state index contributed by atoms with van der Waals surface area (Å²) >= 11 is 0. The van der Waals surface area contributed by atoms with Gasteiger partial charge in [0.1, 0.15) is 17.3 Å². The number of carbonyl (C=O) groups excluding carboxylic acids is 1. The molecule has 0 radical (unpaired) electrons. The van der Waals surface area contributed by atoms with E-state index in [1.807, 2.05) is 31.2 Å². The predicted octanol–water partition coefficient (Wildman–Crippen LogP) is 4.69. The first-order valence-corrected chi connectivity index (χ1v) is 8.62. The number of hydrogen-bond donors (Lipinski definition) is 1. The lowest BCUT2D eigenvalue weighted by Crippen LogP contribution is -2.35. The SMILES string of the molecule is CC1Cc2ccccc2N1C(=O)c1cncc(Nc2c(F)cccc2F)c1. The van der Waals surface area contributed by atoms with Crippen LogP contribution >= 0.6 is 0 Å². The highest BCUT2D eigenvalue weighted by molar-refractivity contribution is 6.08. The second kappa shape index (κ2) is 6.79. The molecule has 0 bridgehead atoms. The van der Waals surface area contributed by atoms with E-state index in [1.165, 1.54) is 18.5 Å². The van der Waals surface area contributed by atoms with Crippen LogP contribution in [0.25, 0.3) is 0 Å². The highest BCUT2D eigenvalue weighted by Crippen LogP contribution is 2.33. The number of fused-ring (bicyclic) bond motifs is 1. The van der Waals surface area contributed by atoms with Gasteiger partial charge in [-0.2, -0.15) is 0 Å². The van der Waals surface area contributed by atoms with E-state index in [0.29, 0.717) is 11.3 Å². The number of carbonyl (C=O) groups is 1. The van der Waals surface area contributed by atoms with Crippen LogP contribution in [0.3, 0.4) is 0 Å². The second-order valence-corrected chi connectivity index (χ2v) is 6.54. The topological polar surface area (TPSA) is 45.2 Å². The van der Waals surface area contributed by atoms with Gasteiger partial charge in [0, 0.05) is 17.9 Å². The van der Waals surface area contributed by atoms with E-state index < -0.39 is 11.6 Å². The number of nitrogens with one attached hydrogen (secondary N) is 1. The lowest BCUT2D eigenvalue weighted by Gasteiger charge is -2.23. The number of nitrogens with zero attached hydrogens (tertiary/aromatic N) is 2. The van der Waals surface area contributed by atoms with Crippen molar-refractivity contribution < 1.29 is 13.6 Å². The Morgan fingerprint density at radius 1 is 1.11 bits per heavy atom. The van der Waals surface area contributed by atoms with Crippen molar-refractivity contribution in [3.63, 3.8) is 0 Å². The summed E-state index contributed by atoms with van der Waals surface area (Å²) in [6.45, 7) is 1.99. The van der Waals surface area contributed by atoms with E-state index in [4.69, 9.17) is 0 Å². The van der Waals surface area contributed by atoms with E-state index in [0.717, 1.165) is 29.8 Å². The zero-order chi connectivity index (χ0) is 19.0. The smallest absolute Gasteiger partial charge is 0.260 e. The Bertz CT molecular complexity index is 1000. The molecule has 136 valence electrons. The maximum Gasteiger partial charge on any atom is 0.260 e. The van der Waals surface area contributed by atoms with Crippen molar-refractivity contribution >= 4 is 23.0 Å². The van der Waals surface area contributed by atoms with Gasteiger partial charge in [0.2, 0.25) is 0 Å². The van der Waals surface area contributed by atoms with E-state index in [2.05, 4.69) is 10.3 Å². The number of amides is 1. The molecule has 2 aromatic carbocycles. The fourth-order valence-electron chi connectivity index (χ4n) is 3.40. The van der Waals surface area contributed by atoms with Crippen molar-refractivity contribution in [2.24, 2.45) is 0 Å². The molecule has 1 atom stereocenters. The molecule has 4 rings (SSSR count). The van der Waals surface area contributed by atoms with Crippen LogP contribution in [0.2, 0.25) is 0 Å². The van der Waals surface area contributed by atoms with Crippen molar-refractivity contribution in [3.8, 4) is 0 Å². The molecule has 1 aliphatic heterocycles. The van der Waals surface area contributed by atoms with Crippen LogP contribution in [0, 0.1) is 11.6 Å². The zero-order valence-corrected chi connectivity index (χ0v) is 14.6. The number of rotatable bonds is 3. The average Bonchev–Trinajstić information content (AvgIpc) is 3.00. The van der Waals surface area contributed by atoms with Crippen LogP contribution in [-0.4, -0.2) is 16.9 Å². The van der Waals surface area contributed by atoms with Crippen LogP contribution < -0.4 is 10.2 Å². The first-order valence-electron chi connectivity index (χ1n) is 8.62. The molecule has 6 heteroatoms. The van der Waals surface area contributed by atoms with Gasteiger partial charge in [0.25, 0.3) is 5.91 Å². The molecule has 1 aliphatic rings. The van der Waals surface area contributed by atoms with Crippen LogP contribution in [0.1, 0.15) is 22.8 Å². The van der Waals surface area contributed by atoms with Crippen molar-refractivity contribution in [2.75, 3.05) is 10.2 Å². The Hall–Kier alpha value is -3.28. The highest BCUT2D eigenvalue weighted by atomic mass is 19.1. The summed E-state index contributed by atoms with van der Waals surface area (Å²) in [5, 5.41) is 2.67. The maximum absolute atomic E-state index is 13.9. The summed E-state index contributed by atoms with van der Waals surface area (Å²) < 4.78 is 27.7. The Morgan fingerprint density at radius 3 is 2.63 bits per heavy atom. The van der Waals surface area contributed by atoms with E-state index in [9.17, 15) is 13.6 Å². The van der Waals surface area contributed by atoms with E-state index in [-0.39, 0.29) is 17.6 Å². The van der Waals surface area contributed by atoms with Crippen molar-refractivity contribution in [1.82, 2.24) is 4.98 Å². The van der Waals surface area contributed by atoms with Crippen LogP contribution in [0.4, 0.5) is 25.8 Å². The Morgan fingerprint density at radius 2 is 1.85 bits per heavy atom. The van der Waals surface area contributed by atoms with Crippen molar-refractivity contribution in [1.29, 1.82) is 0 Å². The zero-order valence-electron chi connectivity index (χ0n) is 14.6. The number of hydrogen-bond acceptors (Lipinski definition) is 3. The molecule has 4 nitrogen and oxygen atoms in total. The fourth-order valence-corrected chi connectivity index (χ4v) is 3.40. The molecule has 0 saturated carbocycles. The lowest BCUT2D eigenvalue weighted by atomic mass is 10.1. The average molecular weight is 365 g/mol. The Labute approximate surface area is 155 Å². The molecule has 0 spiro atoms. The molecule has 2 heterocycles. The standard InChI is InChI=1S/C21H17F2N3O/c1-13-9-14-5-2-3-8-19(14)26(13)21(27)15-10-16(12-24-11-15)25-20-17(22)6-4-7-18(20)23/h2-8,10-13,25H,9H2,1H3. The molecule has 3 aromatic rings. The van der Waals surface area contributed by atoms with Gasteiger partial charge in [0.15, 0.2) is 0 Å². The minimum Gasteiger partial charge on any atom is -0.349 e. The molecular formula is C21H17F2N3O. The third kappa shape index (κ3) is 3.14. The predicted molar refractivity (Wildman–Crippen MR) is 100 cm³/mol. The van der Waals surface area contributed by atoms with Gasteiger partial charge in [0.05, 0.1) is 17.4 Å². The molecule has 0 fully saturated rings. The lowest BCUT2D eigenvalue weighted by molar-refractivity contribution is 0.0981. The minimum atomic E-state index is -0.714. The summed E-state index contributed by atoms with van der Waals surface area (Å²) in [4.78, 5) is 18.9. The monoisotopic (exact) mass is 365 g/mol. The van der Waals surface area contributed by atoms with Gasteiger partial charge < -0.3 is 10.2 Å². The summed E-state index contributed by atoms with van der Waals surface area (Å²) in [6, 6.07) is 13.0. The first-order chi connectivity index (χ1) is 13.0. The molecule has 0 aliphatic carbocycles. The summed E-state index contributed by atoms with van der Waals surface area (Å²) in [7, 11) is 0. The Kier molecular flexibility index (Phi) is 4.32. The second-order valence-electron chi connectivity index (χ2n) is 6.54. The summed E-state index contributed by atoms with van der Waals surface area (Å²) in [6.07, 6.45) is 3.66. The summed E-state index contributed by atoms with van der Waals surface area (Å²) in [5.74, 6) is -1.62. The van der Waals surface area contributed by atoms with Gasteiger partial charge in [-0.05, 0) is 43.2 Å². The first kappa shape index (κ1) is 17.1. The van der Waals surface area contributed by atoms with Gasteiger partial charge in [-0.25, -0.2) is 8.78 Å². The number of anilines is 3. The molecule has 27 heavy (non-hydrogen) atoms.